The zero-order chi connectivity index (χ0) is 15.4. The number of thiophene rings is 1. The molecule has 1 aromatic carbocycles. The van der Waals surface area contributed by atoms with Crippen LogP contribution in [0.2, 0.25) is 0 Å². The van der Waals surface area contributed by atoms with Crippen LogP contribution in [-0.2, 0) is 4.79 Å². The van der Waals surface area contributed by atoms with Crippen LogP contribution in [-0.4, -0.2) is 23.6 Å². The molecule has 0 radical (unpaired) electrons. The first-order chi connectivity index (χ1) is 9.95. The quantitative estimate of drug-likeness (QED) is 0.745. The first kappa shape index (κ1) is 16.0. The van der Waals surface area contributed by atoms with E-state index in [1.807, 2.05) is 0 Å². The van der Waals surface area contributed by atoms with Crippen molar-refractivity contribution in [2.45, 2.75) is 0 Å². The molecule has 5 nitrogen and oxygen atoms in total. The van der Waals surface area contributed by atoms with Gasteiger partial charge in [-0.3, -0.25) is 4.79 Å². The second kappa shape index (κ2) is 7.06. The van der Waals surface area contributed by atoms with Crippen LogP contribution in [0.3, 0.4) is 0 Å². The maximum absolute atomic E-state index is 12.0. The lowest BCUT2D eigenvalue weighted by atomic mass is 10.3. The molecule has 8 heteroatoms. The summed E-state index contributed by atoms with van der Waals surface area (Å²) in [6.07, 6.45) is 0. The van der Waals surface area contributed by atoms with E-state index in [-0.39, 0.29) is 5.91 Å². The maximum Gasteiger partial charge on any atom is 0.341 e. The number of benzene rings is 1. The van der Waals surface area contributed by atoms with Gasteiger partial charge in [0.05, 0.1) is 8.66 Å². The topological polar surface area (TPSA) is 75.6 Å². The number of carboxylic acid groups (broad SMARTS) is 1. The number of aliphatic carboxylic acids is 1. The van der Waals surface area contributed by atoms with Gasteiger partial charge in [-0.1, -0.05) is 0 Å². The van der Waals surface area contributed by atoms with Crippen LogP contribution in [0.1, 0.15) is 9.67 Å². The molecule has 2 N–H and O–H groups in total. The summed E-state index contributed by atoms with van der Waals surface area (Å²) in [5, 5.41) is 11.3. The van der Waals surface area contributed by atoms with Gasteiger partial charge in [-0.25, -0.2) is 4.79 Å². The Labute approximate surface area is 141 Å². The number of carbonyl (C=O) groups excluding carboxylic acids is 1. The van der Waals surface area contributed by atoms with E-state index >= 15 is 0 Å². The summed E-state index contributed by atoms with van der Waals surface area (Å²) in [6, 6.07) is 8.21. The van der Waals surface area contributed by atoms with Gasteiger partial charge >= 0.3 is 5.97 Å². The third-order valence-corrected chi connectivity index (χ3v) is 5.60. The molecule has 21 heavy (non-hydrogen) atoms. The van der Waals surface area contributed by atoms with Crippen LogP contribution in [0.4, 0.5) is 5.69 Å². The summed E-state index contributed by atoms with van der Waals surface area (Å²) in [6.45, 7) is -0.400. The highest BCUT2D eigenvalue weighted by Crippen LogP contribution is 2.32. The Morgan fingerprint density at radius 1 is 1.24 bits per heavy atom. The number of hydrogen-bond donors (Lipinski definition) is 2. The maximum atomic E-state index is 12.0. The van der Waals surface area contributed by atoms with Crippen LogP contribution < -0.4 is 10.1 Å². The zero-order valence-electron chi connectivity index (χ0n) is 10.4. The Hall–Kier alpha value is -1.38. The second-order valence-electron chi connectivity index (χ2n) is 3.89. The first-order valence-electron chi connectivity index (χ1n) is 5.66. The first-order valence-corrected chi connectivity index (χ1v) is 8.07. The van der Waals surface area contributed by atoms with Crippen molar-refractivity contribution in [3.63, 3.8) is 0 Å². The Morgan fingerprint density at radius 3 is 2.43 bits per heavy atom. The lowest BCUT2D eigenvalue weighted by molar-refractivity contribution is -0.139. The molecule has 1 heterocycles. The molecule has 0 aliphatic rings. The standard InChI is InChI=1S/C13H9Br2NO4S/c14-9-5-10(21-12(9)15)13(19)16-7-1-3-8(4-2-7)20-6-11(17)18/h1-5H,6H2,(H,16,19)(H,17,18). The van der Waals surface area contributed by atoms with E-state index in [0.717, 1.165) is 8.26 Å². The Morgan fingerprint density at radius 2 is 1.90 bits per heavy atom. The highest BCUT2D eigenvalue weighted by Gasteiger charge is 2.12. The van der Waals surface area contributed by atoms with Crippen molar-refractivity contribution in [1.29, 1.82) is 0 Å². The van der Waals surface area contributed by atoms with Gasteiger partial charge in [-0.15, -0.1) is 11.3 Å². The molecule has 0 fully saturated rings. The number of nitrogens with one attached hydrogen (secondary N) is 1. The third kappa shape index (κ3) is 4.55. The minimum atomic E-state index is -1.04. The van der Waals surface area contributed by atoms with E-state index in [1.54, 1.807) is 30.3 Å². The van der Waals surface area contributed by atoms with Crippen molar-refractivity contribution in [2.24, 2.45) is 0 Å². The van der Waals surface area contributed by atoms with Gasteiger partial charge in [0.2, 0.25) is 0 Å². The van der Waals surface area contributed by atoms with Gasteiger partial charge in [-0.05, 0) is 62.2 Å². The van der Waals surface area contributed by atoms with Crippen LogP contribution in [0.15, 0.2) is 38.6 Å². The smallest absolute Gasteiger partial charge is 0.341 e. The number of carboxylic acids is 1. The lowest BCUT2D eigenvalue weighted by Crippen LogP contribution is -2.11. The fourth-order valence-electron chi connectivity index (χ4n) is 1.43. The minimum absolute atomic E-state index is 0.217. The molecule has 0 aliphatic heterocycles. The second-order valence-corrected chi connectivity index (χ2v) is 7.12. The van der Waals surface area contributed by atoms with Crippen molar-refractivity contribution >= 4 is 60.8 Å². The number of halogens is 2. The van der Waals surface area contributed by atoms with Crippen LogP contribution >= 0.6 is 43.2 Å². The van der Waals surface area contributed by atoms with Gasteiger partial charge in [0, 0.05) is 10.2 Å². The van der Waals surface area contributed by atoms with Gasteiger partial charge in [0.15, 0.2) is 6.61 Å². The van der Waals surface area contributed by atoms with E-state index in [9.17, 15) is 9.59 Å². The molecule has 1 amide bonds. The average Bonchev–Trinajstić information content (AvgIpc) is 2.78. The van der Waals surface area contributed by atoms with E-state index in [0.29, 0.717) is 16.3 Å². The van der Waals surface area contributed by atoms with Crippen molar-refractivity contribution in [3.05, 3.63) is 43.5 Å². The molecule has 110 valence electrons. The van der Waals surface area contributed by atoms with Gasteiger partial charge in [0.25, 0.3) is 5.91 Å². The fourth-order valence-corrected chi connectivity index (χ4v) is 3.36. The van der Waals surface area contributed by atoms with E-state index < -0.39 is 12.6 Å². The molecule has 2 aromatic rings. The molecule has 1 aromatic heterocycles. The number of carbonyl (C=O) groups is 2. The summed E-state index contributed by atoms with van der Waals surface area (Å²) >= 11 is 7.99. The molecule has 0 aliphatic carbocycles. The summed E-state index contributed by atoms with van der Waals surface area (Å²) in [5.41, 5.74) is 0.600. The van der Waals surface area contributed by atoms with E-state index in [1.165, 1.54) is 11.3 Å². The van der Waals surface area contributed by atoms with Crippen molar-refractivity contribution in [3.8, 4) is 5.75 Å². The Kier molecular flexibility index (Phi) is 5.38. The molecule has 0 saturated heterocycles. The van der Waals surface area contributed by atoms with Crippen molar-refractivity contribution in [1.82, 2.24) is 0 Å². The lowest BCUT2D eigenvalue weighted by Gasteiger charge is -2.06. The highest BCUT2D eigenvalue weighted by molar-refractivity contribution is 9.13. The summed E-state index contributed by atoms with van der Waals surface area (Å²) < 4.78 is 6.69. The van der Waals surface area contributed by atoms with E-state index in [2.05, 4.69) is 37.2 Å². The molecule has 2 rings (SSSR count). The summed E-state index contributed by atoms with van der Waals surface area (Å²) in [7, 11) is 0. The molecular weight excluding hydrogens is 426 g/mol. The molecular formula is C13H9Br2NO4S. The molecule has 0 atom stereocenters. The third-order valence-electron chi connectivity index (χ3n) is 2.34. The number of rotatable bonds is 5. The van der Waals surface area contributed by atoms with Crippen LogP contribution in [0, 0.1) is 0 Å². The average molecular weight is 435 g/mol. The number of ether oxygens (including phenoxy) is 1. The molecule has 0 bridgehead atoms. The highest BCUT2D eigenvalue weighted by atomic mass is 79.9. The SMILES string of the molecule is O=C(O)COc1ccc(NC(=O)c2cc(Br)c(Br)s2)cc1. The fraction of sp³-hybridized carbons (Fsp3) is 0.0769. The van der Waals surface area contributed by atoms with E-state index in [4.69, 9.17) is 9.84 Å². The summed E-state index contributed by atoms with van der Waals surface area (Å²) in [5.74, 6) is -0.830. The Bertz CT molecular complexity index is 650. The minimum Gasteiger partial charge on any atom is -0.482 e. The van der Waals surface area contributed by atoms with Gasteiger partial charge in [-0.2, -0.15) is 0 Å². The van der Waals surface area contributed by atoms with Crippen molar-refractivity contribution in [2.75, 3.05) is 11.9 Å². The van der Waals surface area contributed by atoms with Gasteiger partial charge < -0.3 is 15.2 Å². The number of hydrogen-bond acceptors (Lipinski definition) is 4. The van der Waals surface area contributed by atoms with Crippen LogP contribution in [0.25, 0.3) is 0 Å². The molecule has 0 unspecified atom stereocenters. The van der Waals surface area contributed by atoms with Crippen LogP contribution in [0.5, 0.6) is 5.75 Å². The Balaban J connectivity index is 1.99. The summed E-state index contributed by atoms with van der Waals surface area (Å²) in [4.78, 5) is 23.0. The largest absolute Gasteiger partial charge is 0.482 e. The molecule has 0 saturated carbocycles. The van der Waals surface area contributed by atoms with Gasteiger partial charge in [0.1, 0.15) is 5.75 Å². The molecule has 0 spiro atoms. The number of amides is 1. The predicted molar refractivity (Wildman–Crippen MR) is 87.2 cm³/mol. The zero-order valence-corrected chi connectivity index (χ0v) is 14.4. The number of anilines is 1. The normalized spacial score (nSPS) is 10.2. The predicted octanol–water partition coefficient (Wildman–Crippen LogP) is 3.99. The van der Waals surface area contributed by atoms with Crippen molar-refractivity contribution < 1.29 is 19.4 Å². The monoisotopic (exact) mass is 433 g/mol.